The Morgan fingerprint density at radius 2 is 2.04 bits per heavy atom. The maximum absolute atomic E-state index is 14.5. The Labute approximate surface area is 161 Å². The van der Waals surface area contributed by atoms with Crippen molar-refractivity contribution in [2.24, 2.45) is 0 Å². The molecule has 144 valence electrons. The fraction of sp³-hybridized carbons (Fsp3) is 0.400. The van der Waals surface area contributed by atoms with Crippen molar-refractivity contribution in [2.75, 3.05) is 6.54 Å². The standard InChI is InChI=1S/C20H22F2N2O2S/c21-17-10-13(11-18(22)16(17)12-23-8-3-7-19(25)26)15-6-2-9-24-20(15)27-14-4-1-5-14/h2,6,9-11,14,23H,1,3-5,7-8,12H2,(H,25,26). The number of benzene rings is 1. The van der Waals surface area contributed by atoms with Gasteiger partial charge in [-0.25, -0.2) is 13.8 Å². The fourth-order valence-corrected chi connectivity index (χ4v) is 4.18. The molecule has 1 aliphatic rings. The lowest BCUT2D eigenvalue weighted by atomic mass is 10.00. The quantitative estimate of drug-likeness (QED) is 0.610. The van der Waals surface area contributed by atoms with Crippen molar-refractivity contribution in [1.82, 2.24) is 10.3 Å². The summed E-state index contributed by atoms with van der Waals surface area (Å²) in [6.07, 6.45) is 5.66. The topological polar surface area (TPSA) is 62.2 Å². The summed E-state index contributed by atoms with van der Waals surface area (Å²) >= 11 is 1.67. The van der Waals surface area contributed by atoms with E-state index in [4.69, 9.17) is 5.11 Å². The molecule has 1 aromatic carbocycles. The normalized spacial score (nSPS) is 14.1. The highest BCUT2D eigenvalue weighted by molar-refractivity contribution is 8.00. The van der Waals surface area contributed by atoms with E-state index in [0.29, 0.717) is 23.8 Å². The lowest BCUT2D eigenvalue weighted by molar-refractivity contribution is -0.137. The highest BCUT2D eigenvalue weighted by atomic mass is 32.2. The molecule has 0 bridgehead atoms. The number of aromatic nitrogens is 1. The van der Waals surface area contributed by atoms with Crippen molar-refractivity contribution in [2.45, 2.75) is 48.9 Å². The third-order valence-electron chi connectivity index (χ3n) is 4.60. The maximum atomic E-state index is 14.5. The molecule has 0 atom stereocenters. The van der Waals surface area contributed by atoms with Crippen LogP contribution >= 0.6 is 11.8 Å². The van der Waals surface area contributed by atoms with Gasteiger partial charge in [-0.1, -0.05) is 12.5 Å². The first-order valence-electron chi connectivity index (χ1n) is 9.07. The van der Waals surface area contributed by atoms with Crippen LogP contribution in [0.3, 0.4) is 0 Å². The second kappa shape index (κ2) is 9.28. The highest BCUT2D eigenvalue weighted by Crippen LogP contribution is 2.40. The number of hydrogen-bond acceptors (Lipinski definition) is 4. The highest BCUT2D eigenvalue weighted by Gasteiger charge is 2.21. The van der Waals surface area contributed by atoms with Crippen LogP contribution in [-0.2, 0) is 11.3 Å². The minimum Gasteiger partial charge on any atom is -0.481 e. The molecule has 3 rings (SSSR count). The number of nitrogens with one attached hydrogen (secondary N) is 1. The smallest absolute Gasteiger partial charge is 0.303 e. The Morgan fingerprint density at radius 1 is 1.30 bits per heavy atom. The largest absolute Gasteiger partial charge is 0.481 e. The van der Waals surface area contributed by atoms with Crippen LogP contribution in [0.1, 0.15) is 37.7 Å². The summed E-state index contributed by atoms with van der Waals surface area (Å²) in [6.45, 7) is 0.409. The minimum absolute atomic E-state index is 0.0221. The summed E-state index contributed by atoms with van der Waals surface area (Å²) in [4.78, 5) is 14.9. The number of carboxylic acid groups (broad SMARTS) is 1. The van der Waals surface area contributed by atoms with Gasteiger partial charge in [0.1, 0.15) is 16.7 Å². The predicted molar refractivity (Wildman–Crippen MR) is 102 cm³/mol. The second-order valence-corrected chi connectivity index (χ2v) is 7.91. The van der Waals surface area contributed by atoms with E-state index in [-0.39, 0.29) is 18.5 Å². The summed E-state index contributed by atoms with van der Waals surface area (Å²) in [5.74, 6) is -2.11. The van der Waals surface area contributed by atoms with Crippen LogP contribution < -0.4 is 5.32 Å². The van der Waals surface area contributed by atoms with Crippen molar-refractivity contribution in [3.05, 3.63) is 47.7 Å². The van der Waals surface area contributed by atoms with Crippen LogP contribution in [0.25, 0.3) is 11.1 Å². The first kappa shape index (κ1) is 19.8. The molecule has 2 N–H and O–H groups in total. The number of halogens is 2. The zero-order valence-electron chi connectivity index (χ0n) is 14.9. The van der Waals surface area contributed by atoms with Crippen molar-refractivity contribution < 1.29 is 18.7 Å². The molecule has 4 nitrogen and oxygen atoms in total. The molecule has 0 unspecified atom stereocenters. The van der Waals surface area contributed by atoms with Crippen molar-refractivity contribution in [3.63, 3.8) is 0 Å². The van der Waals surface area contributed by atoms with Gasteiger partial charge in [0.25, 0.3) is 0 Å². The number of thioether (sulfide) groups is 1. The van der Waals surface area contributed by atoms with Gasteiger partial charge in [-0.05, 0) is 49.6 Å². The van der Waals surface area contributed by atoms with E-state index in [0.717, 1.165) is 23.4 Å². The second-order valence-electron chi connectivity index (χ2n) is 6.62. The number of carbonyl (C=O) groups is 1. The van der Waals surface area contributed by atoms with Crippen LogP contribution in [0.5, 0.6) is 0 Å². The van der Waals surface area contributed by atoms with Gasteiger partial charge in [0, 0.05) is 35.5 Å². The van der Waals surface area contributed by atoms with Gasteiger partial charge in [-0.2, -0.15) is 0 Å². The molecule has 1 saturated carbocycles. The van der Waals surface area contributed by atoms with Gasteiger partial charge in [0.05, 0.1) is 0 Å². The number of rotatable bonds is 9. The average Bonchev–Trinajstić information content (AvgIpc) is 2.60. The molecule has 1 heterocycles. The molecule has 0 saturated heterocycles. The molecule has 2 aromatic rings. The van der Waals surface area contributed by atoms with Crippen LogP contribution in [0.4, 0.5) is 8.78 Å². The van der Waals surface area contributed by atoms with E-state index in [1.165, 1.54) is 18.6 Å². The minimum atomic E-state index is -0.884. The summed E-state index contributed by atoms with van der Waals surface area (Å²) in [7, 11) is 0. The zero-order chi connectivity index (χ0) is 19.2. The molecule has 0 spiro atoms. The molecule has 1 aliphatic carbocycles. The Morgan fingerprint density at radius 3 is 2.67 bits per heavy atom. The van der Waals surface area contributed by atoms with E-state index >= 15 is 0 Å². The molecule has 1 fully saturated rings. The van der Waals surface area contributed by atoms with Crippen LogP contribution in [0, 0.1) is 11.6 Å². The first-order valence-corrected chi connectivity index (χ1v) is 9.95. The third-order valence-corrected chi connectivity index (χ3v) is 5.95. The molecular weight excluding hydrogens is 370 g/mol. The number of carboxylic acids is 1. The van der Waals surface area contributed by atoms with E-state index in [9.17, 15) is 13.6 Å². The maximum Gasteiger partial charge on any atom is 0.303 e. The summed E-state index contributed by atoms with van der Waals surface area (Å²) < 4.78 is 29.0. The van der Waals surface area contributed by atoms with E-state index in [1.807, 2.05) is 6.07 Å². The SMILES string of the molecule is O=C(O)CCCNCc1c(F)cc(-c2cccnc2SC2CCC2)cc1F. The molecule has 0 radical (unpaired) electrons. The molecule has 7 heteroatoms. The molecular formula is C20H22F2N2O2S. The van der Waals surface area contributed by atoms with Gasteiger partial charge in [-0.15, -0.1) is 11.8 Å². The van der Waals surface area contributed by atoms with Gasteiger partial charge in [0.2, 0.25) is 0 Å². The molecule has 0 amide bonds. The van der Waals surface area contributed by atoms with Crippen LogP contribution in [0.15, 0.2) is 35.5 Å². The van der Waals surface area contributed by atoms with Crippen molar-refractivity contribution in [3.8, 4) is 11.1 Å². The van der Waals surface area contributed by atoms with E-state index in [2.05, 4.69) is 10.3 Å². The Balaban J connectivity index is 1.72. The summed E-state index contributed by atoms with van der Waals surface area (Å²) in [5.41, 5.74) is 1.19. The molecule has 1 aromatic heterocycles. The Bertz CT molecular complexity index is 789. The van der Waals surface area contributed by atoms with Gasteiger partial charge < -0.3 is 10.4 Å². The van der Waals surface area contributed by atoms with Crippen LogP contribution in [-0.4, -0.2) is 27.9 Å². The fourth-order valence-electron chi connectivity index (χ4n) is 2.86. The number of aliphatic carboxylic acids is 1. The number of pyridine rings is 1. The Kier molecular flexibility index (Phi) is 6.79. The van der Waals surface area contributed by atoms with E-state index in [1.54, 1.807) is 24.0 Å². The lowest BCUT2D eigenvalue weighted by Gasteiger charge is -2.25. The molecule has 0 aliphatic heterocycles. The monoisotopic (exact) mass is 392 g/mol. The first-order chi connectivity index (χ1) is 13.0. The van der Waals surface area contributed by atoms with Crippen molar-refractivity contribution in [1.29, 1.82) is 0 Å². The third kappa shape index (κ3) is 5.26. The van der Waals surface area contributed by atoms with E-state index < -0.39 is 17.6 Å². The molecule has 27 heavy (non-hydrogen) atoms. The summed E-state index contributed by atoms with van der Waals surface area (Å²) in [6, 6.07) is 6.30. The average molecular weight is 392 g/mol. The number of nitrogens with zero attached hydrogens (tertiary/aromatic N) is 1. The van der Waals surface area contributed by atoms with Gasteiger partial charge >= 0.3 is 5.97 Å². The Hall–Kier alpha value is -1.99. The predicted octanol–water partition coefficient (Wildman–Crippen LogP) is 4.63. The van der Waals surface area contributed by atoms with Crippen molar-refractivity contribution >= 4 is 17.7 Å². The zero-order valence-corrected chi connectivity index (χ0v) is 15.7. The van der Waals surface area contributed by atoms with Gasteiger partial charge in [-0.3, -0.25) is 4.79 Å². The van der Waals surface area contributed by atoms with Crippen LogP contribution in [0.2, 0.25) is 0 Å². The summed E-state index contributed by atoms with van der Waals surface area (Å²) in [5, 5.41) is 12.8. The lowest BCUT2D eigenvalue weighted by Crippen LogP contribution is -2.17. The van der Waals surface area contributed by atoms with Gasteiger partial charge in [0.15, 0.2) is 0 Å². The number of hydrogen-bond donors (Lipinski definition) is 2.